The number of imidazole rings is 1. The number of aromatic nitrogens is 2. The van der Waals surface area contributed by atoms with Crippen LogP contribution in [-0.2, 0) is 6.54 Å². The molecule has 1 heterocycles. The van der Waals surface area contributed by atoms with E-state index in [1.807, 2.05) is 35.0 Å². The third kappa shape index (κ3) is 3.26. The highest BCUT2D eigenvalue weighted by Crippen LogP contribution is 2.10. The van der Waals surface area contributed by atoms with E-state index in [2.05, 4.69) is 4.98 Å². The first-order valence-corrected chi connectivity index (χ1v) is 5.29. The molecule has 2 rings (SSSR count). The second-order valence-corrected chi connectivity index (χ2v) is 3.73. The standard InChI is InChI=1S/C13H13FN2O/c14-13(9-17)7-11-1-3-12(4-2-11)8-16-6-5-15-10-16/h1-7,10,17H,8-9H2. The van der Waals surface area contributed by atoms with Crippen molar-refractivity contribution in [3.8, 4) is 0 Å². The zero-order chi connectivity index (χ0) is 12.1. The molecule has 0 spiro atoms. The number of benzene rings is 1. The van der Waals surface area contributed by atoms with Gasteiger partial charge in [-0.1, -0.05) is 24.3 Å². The van der Waals surface area contributed by atoms with Crippen LogP contribution in [0.5, 0.6) is 0 Å². The van der Waals surface area contributed by atoms with E-state index in [1.165, 1.54) is 6.08 Å². The van der Waals surface area contributed by atoms with E-state index in [4.69, 9.17) is 5.11 Å². The molecule has 0 aliphatic rings. The molecular weight excluding hydrogens is 219 g/mol. The number of halogens is 1. The van der Waals surface area contributed by atoms with E-state index in [1.54, 1.807) is 12.5 Å². The predicted octanol–water partition coefficient (Wildman–Crippen LogP) is 2.23. The van der Waals surface area contributed by atoms with Crippen LogP contribution in [0.15, 0.2) is 48.8 Å². The Labute approximate surface area is 98.9 Å². The Morgan fingerprint density at radius 1 is 1.35 bits per heavy atom. The molecule has 4 heteroatoms. The van der Waals surface area contributed by atoms with Crippen LogP contribution in [0.4, 0.5) is 4.39 Å². The third-order valence-electron chi connectivity index (χ3n) is 2.38. The van der Waals surface area contributed by atoms with Gasteiger partial charge >= 0.3 is 0 Å². The Morgan fingerprint density at radius 3 is 2.71 bits per heavy atom. The van der Waals surface area contributed by atoms with Crippen LogP contribution in [0.25, 0.3) is 6.08 Å². The number of nitrogens with zero attached hydrogens (tertiary/aromatic N) is 2. The Morgan fingerprint density at radius 2 is 2.12 bits per heavy atom. The zero-order valence-electron chi connectivity index (χ0n) is 9.25. The van der Waals surface area contributed by atoms with Crippen molar-refractivity contribution in [2.24, 2.45) is 0 Å². The first-order valence-electron chi connectivity index (χ1n) is 5.29. The lowest BCUT2D eigenvalue weighted by atomic mass is 10.1. The fraction of sp³-hybridized carbons (Fsp3) is 0.154. The molecule has 0 saturated heterocycles. The summed E-state index contributed by atoms with van der Waals surface area (Å²) in [5.41, 5.74) is 1.86. The van der Waals surface area contributed by atoms with E-state index >= 15 is 0 Å². The smallest absolute Gasteiger partial charge is 0.126 e. The van der Waals surface area contributed by atoms with E-state index in [0.717, 1.165) is 17.7 Å². The highest BCUT2D eigenvalue weighted by Gasteiger charge is 1.96. The van der Waals surface area contributed by atoms with Gasteiger partial charge < -0.3 is 9.67 Å². The Kier molecular flexibility index (Phi) is 3.67. The Balaban J connectivity index is 2.08. The monoisotopic (exact) mass is 232 g/mol. The van der Waals surface area contributed by atoms with Gasteiger partial charge in [-0.05, 0) is 17.2 Å². The first-order chi connectivity index (χ1) is 8.28. The summed E-state index contributed by atoms with van der Waals surface area (Å²) in [4.78, 5) is 3.96. The fourth-order valence-electron chi connectivity index (χ4n) is 1.54. The maximum atomic E-state index is 12.8. The molecule has 17 heavy (non-hydrogen) atoms. The predicted molar refractivity (Wildman–Crippen MR) is 63.9 cm³/mol. The van der Waals surface area contributed by atoms with Crippen LogP contribution in [0.3, 0.4) is 0 Å². The third-order valence-corrected chi connectivity index (χ3v) is 2.38. The summed E-state index contributed by atoms with van der Waals surface area (Å²) in [5.74, 6) is -0.535. The second kappa shape index (κ2) is 5.41. The lowest BCUT2D eigenvalue weighted by molar-refractivity contribution is 0.300. The average Bonchev–Trinajstić information content (AvgIpc) is 2.84. The van der Waals surface area contributed by atoms with Gasteiger partial charge in [0.1, 0.15) is 5.83 Å². The first kappa shape index (κ1) is 11.5. The summed E-state index contributed by atoms with van der Waals surface area (Å²) in [7, 11) is 0. The van der Waals surface area contributed by atoms with Gasteiger partial charge in [0.2, 0.25) is 0 Å². The van der Waals surface area contributed by atoms with Crippen molar-refractivity contribution in [1.29, 1.82) is 0 Å². The molecule has 1 aromatic carbocycles. The number of hydrogen-bond acceptors (Lipinski definition) is 2. The molecule has 0 radical (unpaired) electrons. The van der Waals surface area contributed by atoms with Crippen molar-refractivity contribution in [2.45, 2.75) is 6.54 Å². The van der Waals surface area contributed by atoms with Crippen LogP contribution < -0.4 is 0 Å². The van der Waals surface area contributed by atoms with Crippen molar-refractivity contribution in [3.63, 3.8) is 0 Å². The van der Waals surface area contributed by atoms with Crippen LogP contribution in [0, 0.1) is 0 Å². The lowest BCUT2D eigenvalue weighted by Crippen LogP contribution is -1.95. The number of aliphatic hydroxyl groups is 1. The Hall–Kier alpha value is -1.94. The normalized spacial score (nSPS) is 11.8. The molecule has 2 aromatic rings. The topological polar surface area (TPSA) is 38.0 Å². The van der Waals surface area contributed by atoms with Gasteiger partial charge in [-0.2, -0.15) is 0 Å². The maximum absolute atomic E-state index is 12.8. The van der Waals surface area contributed by atoms with Gasteiger partial charge in [0.05, 0.1) is 12.9 Å². The summed E-state index contributed by atoms with van der Waals surface area (Å²) in [5, 5.41) is 8.57. The minimum Gasteiger partial charge on any atom is -0.389 e. The maximum Gasteiger partial charge on any atom is 0.126 e. The van der Waals surface area contributed by atoms with Crippen LogP contribution in [-0.4, -0.2) is 21.3 Å². The van der Waals surface area contributed by atoms with Crippen molar-refractivity contribution in [3.05, 3.63) is 59.9 Å². The van der Waals surface area contributed by atoms with E-state index in [9.17, 15) is 4.39 Å². The highest BCUT2D eigenvalue weighted by atomic mass is 19.1. The van der Waals surface area contributed by atoms with E-state index < -0.39 is 12.4 Å². The summed E-state index contributed by atoms with van der Waals surface area (Å²) in [6.07, 6.45) is 6.69. The SMILES string of the molecule is OCC(F)=Cc1ccc(Cn2ccnc2)cc1. The van der Waals surface area contributed by atoms with Crippen LogP contribution in [0.1, 0.15) is 11.1 Å². The number of aliphatic hydroxyl groups excluding tert-OH is 1. The molecule has 0 aliphatic heterocycles. The molecular formula is C13H13FN2O. The van der Waals surface area contributed by atoms with Gasteiger partial charge in [-0.25, -0.2) is 9.37 Å². The zero-order valence-corrected chi connectivity index (χ0v) is 9.25. The quantitative estimate of drug-likeness (QED) is 0.877. The van der Waals surface area contributed by atoms with Crippen LogP contribution in [0.2, 0.25) is 0 Å². The van der Waals surface area contributed by atoms with Gasteiger partial charge in [0.25, 0.3) is 0 Å². The summed E-state index contributed by atoms with van der Waals surface area (Å²) < 4.78 is 14.8. The largest absolute Gasteiger partial charge is 0.389 e. The van der Waals surface area contributed by atoms with Crippen molar-refractivity contribution >= 4 is 6.08 Å². The molecule has 88 valence electrons. The Bertz CT molecular complexity index is 489. The van der Waals surface area contributed by atoms with E-state index in [0.29, 0.717) is 0 Å². The molecule has 0 saturated carbocycles. The minimum atomic E-state index is -0.559. The van der Waals surface area contributed by atoms with E-state index in [-0.39, 0.29) is 0 Å². The molecule has 0 atom stereocenters. The van der Waals surface area contributed by atoms with Crippen molar-refractivity contribution in [2.75, 3.05) is 6.61 Å². The molecule has 0 fully saturated rings. The molecule has 0 unspecified atom stereocenters. The molecule has 1 aromatic heterocycles. The average molecular weight is 232 g/mol. The summed E-state index contributed by atoms with van der Waals surface area (Å²) >= 11 is 0. The highest BCUT2D eigenvalue weighted by molar-refractivity contribution is 5.51. The van der Waals surface area contributed by atoms with Gasteiger partial charge in [-0.3, -0.25) is 0 Å². The molecule has 0 aliphatic carbocycles. The summed E-state index contributed by atoms with van der Waals surface area (Å²) in [6.45, 7) is 0.184. The molecule has 0 bridgehead atoms. The summed E-state index contributed by atoms with van der Waals surface area (Å²) in [6, 6.07) is 7.50. The number of hydrogen-bond donors (Lipinski definition) is 1. The second-order valence-electron chi connectivity index (χ2n) is 3.73. The van der Waals surface area contributed by atoms with Gasteiger partial charge in [0.15, 0.2) is 0 Å². The van der Waals surface area contributed by atoms with Gasteiger partial charge in [-0.15, -0.1) is 0 Å². The molecule has 1 N–H and O–H groups in total. The number of rotatable bonds is 4. The molecule has 0 amide bonds. The van der Waals surface area contributed by atoms with Crippen LogP contribution >= 0.6 is 0 Å². The fourth-order valence-corrected chi connectivity index (χ4v) is 1.54. The van der Waals surface area contributed by atoms with Crippen molar-refractivity contribution < 1.29 is 9.50 Å². The minimum absolute atomic E-state index is 0.535. The van der Waals surface area contributed by atoms with Gasteiger partial charge in [0, 0.05) is 18.9 Å². The van der Waals surface area contributed by atoms with Crippen molar-refractivity contribution in [1.82, 2.24) is 9.55 Å². The lowest BCUT2D eigenvalue weighted by Gasteiger charge is -2.03. The molecule has 3 nitrogen and oxygen atoms in total.